The molecule has 0 fully saturated rings. The number of rotatable bonds is 7. The predicted octanol–water partition coefficient (Wildman–Crippen LogP) is 5.02. The SMILES string of the molecule is CCn1c2ccccc2c2cc(NC(=O)Cc3cc(OC)c(OC)c(OC)c3)ccc21. The van der Waals surface area contributed by atoms with Gasteiger partial charge in [0.15, 0.2) is 11.5 Å². The number of carbonyl (C=O) groups excluding carboxylic acids is 1. The lowest BCUT2D eigenvalue weighted by Gasteiger charge is -2.14. The number of aryl methyl sites for hydroxylation is 1. The van der Waals surface area contributed by atoms with Gasteiger partial charge in [0.25, 0.3) is 0 Å². The van der Waals surface area contributed by atoms with Crippen molar-refractivity contribution in [3.05, 3.63) is 60.2 Å². The number of fused-ring (bicyclic) bond motifs is 3. The lowest BCUT2D eigenvalue weighted by Crippen LogP contribution is -2.14. The molecule has 3 aromatic carbocycles. The van der Waals surface area contributed by atoms with Crippen LogP contribution in [0.4, 0.5) is 5.69 Å². The van der Waals surface area contributed by atoms with E-state index in [0.717, 1.165) is 28.7 Å². The van der Waals surface area contributed by atoms with Gasteiger partial charge in [-0.2, -0.15) is 0 Å². The van der Waals surface area contributed by atoms with E-state index in [1.54, 1.807) is 33.5 Å². The smallest absolute Gasteiger partial charge is 0.228 e. The number of nitrogens with one attached hydrogen (secondary N) is 1. The Morgan fingerprint density at radius 3 is 2.19 bits per heavy atom. The summed E-state index contributed by atoms with van der Waals surface area (Å²) >= 11 is 0. The normalized spacial score (nSPS) is 11.0. The third-order valence-corrected chi connectivity index (χ3v) is 5.46. The van der Waals surface area contributed by atoms with E-state index in [-0.39, 0.29) is 12.3 Å². The zero-order valence-corrected chi connectivity index (χ0v) is 18.2. The van der Waals surface area contributed by atoms with Gasteiger partial charge in [0, 0.05) is 34.0 Å². The highest BCUT2D eigenvalue weighted by Gasteiger charge is 2.16. The molecule has 0 aliphatic heterocycles. The fourth-order valence-electron chi connectivity index (χ4n) is 4.10. The molecule has 1 heterocycles. The highest BCUT2D eigenvalue weighted by atomic mass is 16.5. The second-order valence-corrected chi connectivity index (χ2v) is 7.25. The molecule has 160 valence electrons. The lowest BCUT2D eigenvalue weighted by atomic mass is 10.1. The summed E-state index contributed by atoms with van der Waals surface area (Å²) in [6, 6.07) is 18.0. The number of hydrogen-bond acceptors (Lipinski definition) is 4. The minimum Gasteiger partial charge on any atom is -0.493 e. The summed E-state index contributed by atoms with van der Waals surface area (Å²) in [7, 11) is 4.67. The van der Waals surface area contributed by atoms with Crippen molar-refractivity contribution in [1.29, 1.82) is 0 Å². The van der Waals surface area contributed by atoms with Gasteiger partial charge in [0.05, 0.1) is 27.8 Å². The van der Waals surface area contributed by atoms with Gasteiger partial charge in [-0.1, -0.05) is 18.2 Å². The molecule has 0 saturated heterocycles. The monoisotopic (exact) mass is 418 g/mol. The Labute approximate surface area is 181 Å². The van der Waals surface area contributed by atoms with Crippen LogP contribution < -0.4 is 19.5 Å². The molecule has 0 unspecified atom stereocenters. The van der Waals surface area contributed by atoms with Gasteiger partial charge >= 0.3 is 0 Å². The molecular formula is C25H26N2O4. The van der Waals surface area contributed by atoms with Crippen molar-refractivity contribution in [2.45, 2.75) is 19.9 Å². The van der Waals surface area contributed by atoms with Gasteiger partial charge in [-0.25, -0.2) is 0 Å². The molecule has 0 spiro atoms. The molecule has 0 saturated carbocycles. The van der Waals surface area contributed by atoms with E-state index >= 15 is 0 Å². The van der Waals surface area contributed by atoms with E-state index in [1.807, 2.05) is 24.3 Å². The maximum atomic E-state index is 12.8. The number of carbonyl (C=O) groups is 1. The topological polar surface area (TPSA) is 61.7 Å². The summed E-state index contributed by atoms with van der Waals surface area (Å²) in [6.45, 7) is 3.02. The summed E-state index contributed by atoms with van der Waals surface area (Å²) in [5.41, 5.74) is 3.90. The molecule has 1 N–H and O–H groups in total. The highest BCUT2D eigenvalue weighted by molar-refractivity contribution is 6.09. The van der Waals surface area contributed by atoms with Gasteiger partial charge < -0.3 is 24.1 Å². The van der Waals surface area contributed by atoms with Gasteiger partial charge in [-0.15, -0.1) is 0 Å². The fourth-order valence-corrected chi connectivity index (χ4v) is 4.10. The molecule has 1 amide bonds. The van der Waals surface area contributed by atoms with Crippen molar-refractivity contribution in [1.82, 2.24) is 4.57 Å². The second kappa shape index (κ2) is 8.60. The quantitative estimate of drug-likeness (QED) is 0.458. The molecular weight excluding hydrogens is 392 g/mol. The van der Waals surface area contributed by atoms with Crippen LogP contribution in [0.25, 0.3) is 21.8 Å². The first-order valence-electron chi connectivity index (χ1n) is 10.2. The standard InChI is InChI=1S/C25H26N2O4/c1-5-27-20-9-7-6-8-18(20)19-15-17(10-11-21(19)27)26-24(28)14-16-12-22(29-2)25(31-4)23(13-16)30-3/h6-13,15H,5,14H2,1-4H3,(H,26,28). The minimum atomic E-state index is -0.118. The van der Waals surface area contributed by atoms with E-state index < -0.39 is 0 Å². The molecule has 0 atom stereocenters. The lowest BCUT2D eigenvalue weighted by molar-refractivity contribution is -0.115. The molecule has 0 bridgehead atoms. The Bertz CT molecular complexity index is 1230. The summed E-state index contributed by atoms with van der Waals surface area (Å²) in [5, 5.41) is 5.33. The van der Waals surface area contributed by atoms with Crippen LogP contribution in [0.3, 0.4) is 0 Å². The molecule has 6 heteroatoms. The van der Waals surface area contributed by atoms with Crippen molar-refractivity contribution in [3.8, 4) is 17.2 Å². The largest absolute Gasteiger partial charge is 0.493 e. The third kappa shape index (κ3) is 3.77. The number of nitrogens with zero attached hydrogens (tertiary/aromatic N) is 1. The van der Waals surface area contributed by atoms with Gasteiger partial charge in [-0.3, -0.25) is 4.79 Å². The van der Waals surface area contributed by atoms with Crippen LogP contribution in [-0.4, -0.2) is 31.8 Å². The minimum absolute atomic E-state index is 0.118. The summed E-state index contributed by atoms with van der Waals surface area (Å²) < 4.78 is 18.4. The van der Waals surface area contributed by atoms with E-state index in [0.29, 0.717) is 17.2 Å². The number of para-hydroxylation sites is 1. The Morgan fingerprint density at radius 2 is 1.55 bits per heavy atom. The van der Waals surface area contributed by atoms with E-state index in [1.165, 1.54) is 10.9 Å². The van der Waals surface area contributed by atoms with Crippen LogP contribution in [0.1, 0.15) is 12.5 Å². The summed E-state index contributed by atoms with van der Waals surface area (Å²) in [4.78, 5) is 12.8. The van der Waals surface area contributed by atoms with Gasteiger partial charge in [0.2, 0.25) is 11.7 Å². The zero-order chi connectivity index (χ0) is 22.0. The number of benzene rings is 3. The molecule has 31 heavy (non-hydrogen) atoms. The average molecular weight is 418 g/mol. The number of ether oxygens (including phenoxy) is 3. The molecule has 1 aromatic heterocycles. The molecule has 4 rings (SSSR count). The number of hydrogen-bond donors (Lipinski definition) is 1. The Hall–Kier alpha value is -3.67. The Morgan fingerprint density at radius 1 is 0.871 bits per heavy atom. The average Bonchev–Trinajstić information content (AvgIpc) is 3.11. The van der Waals surface area contributed by atoms with E-state index in [9.17, 15) is 4.79 Å². The Kier molecular flexibility index (Phi) is 5.71. The third-order valence-electron chi connectivity index (χ3n) is 5.46. The molecule has 4 aromatic rings. The predicted molar refractivity (Wildman–Crippen MR) is 124 cm³/mol. The maximum Gasteiger partial charge on any atom is 0.228 e. The summed E-state index contributed by atoms with van der Waals surface area (Å²) in [5.74, 6) is 1.44. The first-order chi connectivity index (χ1) is 15.1. The zero-order valence-electron chi connectivity index (χ0n) is 18.2. The van der Waals surface area contributed by atoms with Crippen LogP contribution in [-0.2, 0) is 17.8 Å². The molecule has 0 radical (unpaired) electrons. The van der Waals surface area contributed by atoms with Gasteiger partial charge in [-0.05, 0) is 48.9 Å². The van der Waals surface area contributed by atoms with Crippen LogP contribution >= 0.6 is 0 Å². The molecule has 6 nitrogen and oxygen atoms in total. The molecule has 0 aliphatic carbocycles. The van der Waals surface area contributed by atoms with Crippen molar-refractivity contribution < 1.29 is 19.0 Å². The van der Waals surface area contributed by atoms with Crippen molar-refractivity contribution in [3.63, 3.8) is 0 Å². The number of amides is 1. The number of anilines is 1. The van der Waals surface area contributed by atoms with Crippen molar-refractivity contribution in [2.75, 3.05) is 26.6 Å². The van der Waals surface area contributed by atoms with Crippen molar-refractivity contribution in [2.24, 2.45) is 0 Å². The number of aromatic nitrogens is 1. The van der Waals surface area contributed by atoms with Crippen LogP contribution in [0.5, 0.6) is 17.2 Å². The Balaban J connectivity index is 1.61. The van der Waals surface area contributed by atoms with Crippen LogP contribution in [0, 0.1) is 0 Å². The van der Waals surface area contributed by atoms with Crippen LogP contribution in [0.2, 0.25) is 0 Å². The molecule has 0 aliphatic rings. The van der Waals surface area contributed by atoms with E-state index in [2.05, 4.69) is 35.0 Å². The highest BCUT2D eigenvalue weighted by Crippen LogP contribution is 2.38. The summed E-state index contributed by atoms with van der Waals surface area (Å²) in [6.07, 6.45) is 0.186. The number of methoxy groups -OCH3 is 3. The fraction of sp³-hybridized carbons (Fsp3) is 0.240. The van der Waals surface area contributed by atoms with Crippen LogP contribution in [0.15, 0.2) is 54.6 Å². The van der Waals surface area contributed by atoms with E-state index in [4.69, 9.17) is 14.2 Å². The second-order valence-electron chi connectivity index (χ2n) is 7.25. The maximum absolute atomic E-state index is 12.8. The first-order valence-corrected chi connectivity index (χ1v) is 10.2. The first kappa shape index (κ1) is 20.6. The van der Waals surface area contributed by atoms with Gasteiger partial charge in [0.1, 0.15) is 0 Å². The van der Waals surface area contributed by atoms with Crippen molar-refractivity contribution >= 4 is 33.4 Å².